The van der Waals surface area contributed by atoms with Crippen LogP contribution in [-0.4, -0.2) is 17.9 Å². The second-order valence-corrected chi connectivity index (χ2v) is 3.20. The molecule has 0 aromatic heterocycles. The molecule has 9 heteroatoms. The van der Waals surface area contributed by atoms with Gasteiger partial charge >= 0.3 is 6.36 Å². The number of Topliss-reactive ketones (excluding diaryl/α,β-unsaturated/α-hetero) is 1. The minimum absolute atomic E-state index is 0.206. The van der Waals surface area contributed by atoms with Crippen LogP contribution < -0.4 is 10.2 Å². The number of nitrogens with one attached hydrogen (secondary N) is 1. The minimum atomic E-state index is -4.79. The van der Waals surface area contributed by atoms with Gasteiger partial charge in [-0.1, -0.05) is 0 Å². The van der Waals surface area contributed by atoms with Crippen LogP contribution in [0.3, 0.4) is 0 Å². The van der Waals surface area contributed by atoms with E-state index in [1.807, 2.05) is 0 Å². The molecule has 1 aromatic rings. The van der Waals surface area contributed by atoms with E-state index in [-0.39, 0.29) is 5.69 Å². The molecule has 1 N–H and O–H groups in total. The van der Waals surface area contributed by atoms with Gasteiger partial charge in [0.05, 0.1) is 5.69 Å². The molecule has 0 heterocycles. The Balaban J connectivity index is 2.77. The highest BCUT2D eigenvalue weighted by Gasteiger charge is 2.30. The molecule has 1 aromatic carbocycles. The zero-order chi connectivity index (χ0) is 15.2. The summed E-state index contributed by atoms with van der Waals surface area (Å²) in [5.74, 6) is -1.56. The van der Waals surface area contributed by atoms with Gasteiger partial charge in [0, 0.05) is 0 Å². The number of carbonyl (C=O) groups excluding carboxylic acids is 1. The molecule has 0 radical (unpaired) electrons. The Hall–Kier alpha value is -3.07. The number of nitrogens with zero attached hydrogens (tertiary/aromatic N) is 3. The van der Waals surface area contributed by atoms with Gasteiger partial charge in [-0.3, -0.25) is 10.2 Å². The number of hydrogen-bond acceptors (Lipinski definition) is 6. The zero-order valence-corrected chi connectivity index (χ0v) is 9.60. The molecule has 0 amide bonds. The van der Waals surface area contributed by atoms with Gasteiger partial charge in [0.15, 0.2) is 0 Å². The molecular formula is C11H5F3N4O2. The number of hydrazone groups is 1. The summed E-state index contributed by atoms with van der Waals surface area (Å²) in [6.07, 6.45) is -4.79. The SMILES string of the molecule is N#CC(=O)C(C#N)=NNc1ccc(OC(F)(F)F)cc1. The van der Waals surface area contributed by atoms with Gasteiger partial charge in [-0.15, -0.1) is 13.2 Å². The second kappa shape index (κ2) is 6.20. The van der Waals surface area contributed by atoms with E-state index in [4.69, 9.17) is 10.5 Å². The van der Waals surface area contributed by atoms with Gasteiger partial charge in [0.25, 0.3) is 5.78 Å². The first kappa shape index (κ1) is 15.0. The zero-order valence-electron chi connectivity index (χ0n) is 9.60. The van der Waals surface area contributed by atoms with Gasteiger partial charge in [0.2, 0.25) is 5.71 Å². The first-order valence-corrected chi connectivity index (χ1v) is 4.90. The molecule has 102 valence electrons. The van der Waals surface area contributed by atoms with Crippen LogP contribution in [-0.2, 0) is 4.79 Å². The molecular weight excluding hydrogens is 277 g/mol. The van der Waals surface area contributed by atoms with Crippen molar-refractivity contribution < 1.29 is 22.7 Å². The van der Waals surface area contributed by atoms with Crippen LogP contribution in [0, 0.1) is 22.7 Å². The minimum Gasteiger partial charge on any atom is -0.406 e. The highest BCUT2D eigenvalue weighted by atomic mass is 19.4. The Morgan fingerprint density at radius 1 is 1.20 bits per heavy atom. The number of nitriles is 2. The lowest BCUT2D eigenvalue weighted by atomic mass is 10.3. The topological polar surface area (TPSA) is 98.3 Å². The second-order valence-electron chi connectivity index (χ2n) is 3.20. The maximum atomic E-state index is 11.9. The highest BCUT2D eigenvalue weighted by molar-refractivity contribution is 6.51. The van der Waals surface area contributed by atoms with Crippen molar-refractivity contribution in [2.45, 2.75) is 6.36 Å². The van der Waals surface area contributed by atoms with Crippen LogP contribution in [0.5, 0.6) is 5.75 Å². The van der Waals surface area contributed by atoms with E-state index < -0.39 is 23.6 Å². The largest absolute Gasteiger partial charge is 0.573 e. The molecule has 1 rings (SSSR count). The third kappa shape index (κ3) is 4.66. The Labute approximate surface area is 110 Å². The average Bonchev–Trinajstić information content (AvgIpc) is 2.39. The summed E-state index contributed by atoms with van der Waals surface area (Å²) in [5.41, 5.74) is 1.80. The molecule has 20 heavy (non-hydrogen) atoms. The van der Waals surface area contributed by atoms with Crippen LogP contribution in [0.15, 0.2) is 29.4 Å². The maximum absolute atomic E-state index is 11.9. The number of ketones is 1. The van der Waals surface area contributed by atoms with Gasteiger partial charge < -0.3 is 4.74 Å². The van der Waals surface area contributed by atoms with Crippen LogP contribution in [0.2, 0.25) is 0 Å². The number of alkyl halides is 3. The lowest BCUT2D eigenvalue weighted by Gasteiger charge is -2.08. The highest BCUT2D eigenvalue weighted by Crippen LogP contribution is 2.23. The van der Waals surface area contributed by atoms with E-state index in [0.717, 1.165) is 12.1 Å². The number of halogens is 3. The third-order valence-electron chi connectivity index (χ3n) is 1.81. The monoisotopic (exact) mass is 282 g/mol. The Kier molecular flexibility index (Phi) is 4.65. The predicted octanol–water partition coefficient (Wildman–Crippen LogP) is 1.97. The molecule has 0 aliphatic rings. The van der Waals surface area contributed by atoms with Crippen LogP contribution in [0.4, 0.5) is 18.9 Å². The van der Waals surface area contributed by atoms with Crippen LogP contribution >= 0.6 is 0 Å². The summed E-state index contributed by atoms with van der Waals surface area (Å²) in [7, 11) is 0. The standard InChI is InChI=1S/C11H5F3N4O2/c12-11(13,14)20-8-3-1-7(2-4-8)17-18-9(5-15)10(19)6-16/h1-4,17H. The van der Waals surface area contributed by atoms with Crippen molar-refractivity contribution >= 4 is 17.2 Å². The number of rotatable bonds is 4. The van der Waals surface area contributed by atoms with Crippen molar-refractivity contribution in [1.82, 2.24) is 0 Å². The molecule has 0 saturated carbocycles. The summed E-state index contributed by atoms with van der Waals surface area (Å²) in [6.45, 7) is 0. The molecule has 0 fully saturated rings. The van der Waals surface area contributed by atoms with Crippen molar-refractivity contribution in [2.75, 3.05) is 5.43 Å². The fraction of sp³-hybridized carbons (Fsp3) is 0.0909. The summed E-state index contributed by atoms with van der Waals surface area (Å²) in [4.78, 5) is 10.9. The molecule has 0 saturated heterocycles. The Morgan fingerprint density at radius 3 is 2.25 bits per heavy atom. The van der Waals surface area contributed by atoms with Crippen molar-refractivity contribution in [2.24, 2.45) is 5.10 Å². The normalized spacial score (nSPS) is 11.2. The van der Waals surface area contributed by atoms with Crippen LogP contribution in [0.25, 0.3) is 0 Å². The number of anilines is 1. The first-order chi connectivity index (χ1) is 9.35. The molecule has 0 spiro atoms. The van der Waals surface area contributed by atoms with Gasteiger partial charge in [-0.25, -0.2) is 0 Å². The lowest BCUT2D eigenvalue weighted by Crippen LogP contribution is -2.17. The predicted molar refractivity (Wildman–Crippen MR) is 60.4 cm³/mol. The summed E-state index contributed by atoms with van der Waals surface area (Å²) in [6, 6.07) is 7.03. The fourth-order valence-corrected chi connectivity index (χ4v) is 1.03. The van der Waals surface area contributed by atoms with Crippen molar-refractivity contribution in [3.8, 4) is 17.9 Å². The maximum Gasteiger partial charge on any atom is 0.573 e. The smallest absolute Gasteiger partial charge is 0.406 e. The molecule has 6 nitrogen and oxygen atoms in total. The van der Waals surface area contributed by atoms with E-state index >= 15 is 0 Å². The Bertz CT molecular complexity index is 609. The number of ether oxygens (including phenoxy) is 1. The van der Waals surface area contributed by atoms with Crippen molar-refractivity contribution in [1.29, 1.82) is 10.5 Å². The van der Waals surface area contributed by atoms with Crippen molar-refractivity contribution in [3.05, 3.63) is 24.3 Å². The molecule has 0 aliphatic heterocycles. The number of hydrogen-bond donors (Lipinski definition) is 1. The third-order valence-corrected chi connectivity index (χ3v) is 1.81. The van der Waals surface area contributed by atoms with Gasteiger partial charge in [0.1, 0.15) is 17.9 Å². The average molecular weight is 282 g/mol. The lowest BCUT2D eigenvalue weighted by molar-refractivity contribution is -0.274. The molecule has 0 bridgehead atoms. The summed E-state index contributed by atoms with van der Waals surface area (Å²) < 4.78 is 39.4. The first-order valence-electron chi connectivity index (χ1n) is 4.90. The van der Waals surface area contributed by atoms with E-state index in [2.05, 4.69) is 15.3 Å². The van der Waals surface area contributed by atoms with E-state index in [0.29, 0.717) is 0 Å². The van der Waals surface area contributed by atoms with E-state index in [9.17, 15) is 18.0 Å². The Morgan fingerprint density at radius 2 is 1.80 bits per heavy atom. The molecule has 0 atom stereocenters. The molecule has 0 unspecified atom stereocenters. The number of carbonyl (C=O) groups is 1. The van der Waals surface area contributed by atoms with Crippen LogP contribution in [0.1, 0.15) is 0 Å². The summed E-state index contributed by atoms with van der Waals surface area (Å²) >= 11 is 0. The van der Waals surface area contributed by atoms with Gasteiger partial charge in [-0.2, -0.15) is 15.6 Å². The van der Waals surface area contributed by atoms with E-state index in [1.54, 1.807) is 0 Å². The van der Waals surface area contributed by atoms with Crippen molar-refractivity contribution in [3.63, 3.8) is 0 Å². The molecule has 0 aliphatic carbocycles. The fourth-order valence-electron chi connectivity index (χ4n) is 1.03. The van der Waals surface area contributed by atoms with Gasteiger partial charge in [-0.05, 0) is 24.3 Å². The summed E-state index contributed by atoms with van der Waals surface area (Å²) in [5, 5.41) is 20.2. The van der Waals surface area contributed by atoms with E-state index in [1.165, 1.54) is 24.3 Å². The quantitative estimate of drug-likeness (QED) is 0.517. The number of benzene rings is 1.